The minimum atomic E-state index is -0.0989. The van der Waals surface area contributed by atoms with Crippen molar-refractivity contribution in [3.63, 3.8) is 0 Å². The van der Waals surface area contributed by atoms with Crippen molar-refractivity contribution in [2.24, 2.45) is 0 Å². The van der Waals surface area contributed by atoms with Crippen LogP contribution in [0.15, 0.2) is 36.4 Å². The molecule has 5 heteroatoms. The van der Waals surface area contributed by atoms with E-state index in [0.29, 0.717) is 10.7 Å². The molecule has 0 aliphatic rings. The van der Waals surface area contributed by atoms with Crippen LogP contribution in [0.3, 0.4) is 0 Å². The molecule has 2 N–H and O–H groups in total. The predicted octanol–water partition coefficient (Wildman–Crippen LogP) is 4.00. The van der Waals surface area contributed by atoms with Gasteiger partial charge < -0.3 is 10.6 Å². The molecule has 1 heterocycles. The maximum atomic E-state index is 11.9. The topological polar surface area (TPSA) is 41.1 Å². The van der Waals surface area contributed by atoms with E-state index in [0.717, 1.165) is 0 Å². The van der Waals surface area contributed by atoms with Gasteiger partial charge in [-0.05, 0) is 38.1 Å². The smallest absolute Gasteiger partial charge is 0.238 e. The van der Waals surface area contributed by atoms with Crippen molar-refractivity contribution in [1.82, 2.24) is 5.32 Å². The van der Waals surface area contributed by atoms with Gasteiger partial charge in [0.05, 0.1) is 17.3 Å². The molecule has 2 rings (SSSR count). The maximum Gasteiger partial charge on any atom is 0.238 e. The van der Waals surface area contributed by atoms with Crippen molar-refractivity contribution in [2.75, 3.05) is 11.9 Å². The van der Waals surface area contributed by atoms with Crippen molar-refractivity contribution < 1.29 is 4.79 Å². The van der Waals surface area contributed by atoms with Crippen LogP contribution < -0.4 is 10.6 Å². The molecule has 0 fully saturated rings. The van der Waals surface area contributed by atoms with Crippen molar-refractivity contribution in [3.8, 4) is 0 Å². The monoisotopic (exact) mass is 308 g/mol. The van der Waals surface area contributed by atoms with E-state index < -0.39 is 0 Å². The Morgan fingerprint density at radius 3 is 2.70 bits per heavy atom. The minimum absolute atomic E-state index is 0.0989. The third-order valence-electron chi connectivity index (χ3n) is 2.90. The summed E-state index contributed by atoms with van der Waals surface area (Å²) in [6, 6.07) is 11.5. The van der Waals surface area contributed by atoms with E-state index in [1.165, 1.54) is 9.75 Å². The van der Waals surface area contributed by atoms with Crippen molar-refractivity contribution in [3.05, 3.63) is 51.2 Å². The molecule has 1 aromatic heterocycles. The summed E-state index contributed by atoms with van der Waals surface area (Å²) >= 11 is 7.73. The van der Waals surface area contributed by atoms with Gasteiger partial charge in [-0.15, -0.1) is 11.3 Å². The fourth-order valence-electron chi connectivity index (χ4n) is 1.79. The molecule has 20 heavy (non-hydrogen) atoms. The second-order valence-corrected chi connectivity index (χ2v) is 6.31. The number of nitrogens with one attached hydrogen (secondary N) is 2. The van der Waals surface area contributed by atoms with Crippen LogP contribution in [0.4, 0.5) is 5.69 Å². The Balaban J connectivity index is 1.85. The zero-order chi connectivity index (χ0) is 14.5. The summed E-state index contributed by atoms with van der Waals surface area (Å²) in [5, 5.41) is 6.54. The number of aryl methyl sites for hydroxylation is 1. The zero-order valence-electron chi connectivity index (χ0n) is 11.4. The second kappa shape index (κ2) is 6.88. The largest absolute Gasteiger partial charge is 0.324 e. The van der Waals surface area contributed by atoms with Crippen molar-refractivity contribution in [1.29, 1.82) is 0 Å². The van der Waals surface area contributed by atoms with Crippen molar-refractivity contribution in [2.45, 2.75) is 19.9 Å². The number of benzene rings is 1. The Kier molecular flexibility index (Phi) is 5.17. The van der Waals surface area contributed by atoms with Gasteiger partial charge in [-0.3, -0.25) is 4.79 Å². The SMILES string of the molecule is Cc1ccc(C(C)NCC(=O)Nc2ccccc2Cl)s1. The van der Waals surface area contributed by atoms with E-state index in [-0.39, 0.29) is 18.5 Å². The number of hydrogen-bond acceptors (Lipinski definition) is 3. The van der Waals surface area contributed by atoms with Gasteiger partial charge in [0.1, 0.15) is 0 Å². The van der Waals surface area contributed by atoms with Crippen LogP contribution in [0.1, 0.15) is 22.7 Å². The van der Waals surface area contributed by atoms with Crippen LogP contribution in [0.2, 0.25) is 5.02 Å². The highest BCUT2D eigenvalue weighted by Crippen LogP contribution is 2.22. The standard InChI is InChI=1S/C15H17ClN2OS/c1-10-7-8-14(20-10)11(2)17-9-15(19)18-13-6-4-3-5-12(13)16/h3-8,11,17H,9H2,1-2H3,(H,18,19). The molecule has 2 aromatic rings. The van der Waals surface area contributed by atoms with Crippen molar-refractivity contribution >= 4 is 34.5 Å². The van der Waals surface area contributed by atoms with Gasteiger partial charge in [0.25, 0.3) is 0 Å². The molecular formula is C15H17ClN2OS. The van der Waals surface area contributed by atoms with Gasteiger partial charge in [0, 0.05) is 15.8 Å². The third-order valence-corrected chi connectivity index (χ3v) is 4.42. The van der Waals surface area contributed by atoms with E-state index >= 15 is 0 Å². The molecular weight excluding hydrogens is 292 g/mol. The molecule has 1 aromatic carbocycles. The number of halogens is 1. The molecule has 0 bridgehead atoms. The first kappa shape index (κ1) is 15.0. The molecule has 0 spiro atoms. The lowest BCUT2D eigenvalue weighted by atomic mass is 10.2. The summed E-state index contributed by atoms with van der Waals surface area (Å²) in [6.45, 7) is 4.38. The van der Waals surface area contributed by atoms with E-state index in [1.807, 2.05) is 19.1 Å². The first-order valence-corrected chi connectivity index (χ1v) is 7.60. The molecule has 0 radical (unpaired) electrons. The Labute approximate surface area is 128 Å². The lowest BCUT2D eigenvalue weighted by Crippen LogP contribution is -2.29. The average Bonchev–Trinajstić information content (AvgIpc) is 2.85. The van der Waals surface area contributed by atoms with Gasteiger partial charge in [-0.1, -0.05) is 23.7 Å². The average molecular weight is 309 g/mol. The third kappa shape index (κ3) is 4.07. The first-order chi connectivity index (χ1) is 9.56. The normalized spacial score (nSPS) is 12.2. The van der Waals surface area contributed by atoms with E-state index in [9.17, 15) is 4.79 Å². The summed E-state index contributed by atoms with van der Waals surface area (Å²) in [5.74, 6) is -0.0989. The summed E-state index contributed by atoms with van der Waals surface area (Å²) < 4.78 is 0. The lowest BCUT2D eigenvalue weighted by molar-refractivity contribution is -0.115. The van der Waals surface area contributed by atoms with E-state index in [2.05, 4.69) is 29.7 Å². The molecule has 1 amide bonds. The predicted molar refractivity (Wildman–Crippen MR) is 85.6 cm³/mol. The van der Waals surface area contributed by atoms with Crippen LogP contribution >= 0.6 is 22.9 Å². The van der Waals surface area contributed by atoms with E-state index in [4.69, 9.17) is 11.6 Å². The molecule has 0 aliphatic carbocycles. The molecule has 1 atom stereocenters. The molecule has 1 unspecified atom stereocenters. The summed E-state index contributed by atoms with van der Waals surface area (Å²) in [6.07, 6.45) is 0. The van der Waals surface area contributed by atoms with Gasteiger partial charge in [-0.2, -0.15) is 0 Å². The Morgan fingerprint density at radius 2 is 2.05 bits per heavy atom. The lowest BCUT2D eigenvalue weighted by Gasteiger charge is -2.12. The number of anilines is 1. The molecule has 0 aliphatic heterocycles. The fourth-order valence-corrected chi connectivity index (χ4v) is 2.88. The van der Waals surface area contributed by atoms with Crippen LogP contribution in [0.5, 0.6) is 0 Å². The number of thiophene rings is 1. The van der Waals surface area contributed by atoms with Gasteiger partial charge in [0.15, 0.2) is 0 Å². The maximum absolute atomic E-state index is 11.9. The summed E-state index contributed by atoms with van der Waals surface area (Å²) in [4.78, 5) is 14.4. The number of carbonyl (C=O) groups is 1. The van der Waals surface area contributed by atoms with Gasteiger partial charge in [0.2, 0.25) is 5.91 Å². The highest BCUT2D eigenvalue weighted by atomic mass is 35.5. The van der Waals surface area contributed by atoms with E-state index in [1.54, 1.807) is 23.5 Å². The number of carbonyl (C=O) groups excluding carboxylic acids is 1. The first-order valence-electron chi connectivity index (χ1n) is 6.40. The van der Waals surface area contributed by atoms with Crippen LogP contribution in [-0.2, 0) is 4.79 Å². The van der Waals surface area contributed by atoms with Crippen LogP contribution in [0.25, 0.3) is 0 Å². The second-order valence-electron chi connectivity index (χ2n) is 4.58. The fraction of sp³-hybridized carbons (Fsp3) is 0.267. The van der Waals surface area contributed by atoms with Gasteiger partial charge >= 0.3 is 0 Å². The number of hydrogen-bond donors (Lipinski definition) is 2. The number of para-hydroxylation sites is 1. The van der Waals surface area contributed by atoms with Crippen LogP contribution in [-0.4, -0.2) is 12.5 Å². The molecule has 0 saturated heterocycles. The highest BCUT2D eigenvalue weighted by molar-refractivity contribution is 7.12. The van der Waals surface area contributed by atoms with Gasteiger partial charge in [-0.25, -0.2) is 0 Å². The Hall–Kier alpha value is -1.36. The molecule has 106 valence electrons. The zero-order valence-corrected chi connectivity index (χ0v) is 13.0. The number of rotatable bonds is 5. The quantitative estimate of drug-likeness (QED) is 0.876. The molecule has 3 nitrogen and oxygen atoms in total. The van der Waals surface area contributed by atoms with Crippen LogP contribution in [0, 0.1) is 6.92 Å². The highest BCUT2D eigenvalue weighted by Gasteiger charge is 2.10. The summed E-state index contributed by atoms with van der Waals surface area (Å²) in [7, 11) is 0. The summed E-state index contributed by atoms with van der Waals surface area (Å²) in [5.41, 5.74) is 0.639. The Bertz CT molecular complexity index is 597. The minimum Gasteiger partial charge on any atom is -0.324 e. The molecule has 0 saturated carbocycles. The number of amides is 1. The Morgan fingerprint density at radius 1 is 1.30 bits per heavy atom.